The van der Waals surface area contributed by atoms with E-state index in [4.69, 9.17) is 14.4 Å². The summed E-state index contributed by atoms with van der Waals surface area (Å²) in [4.78, 5) is 32.3. The van der Waals surface area contributed by atoms with Crippen LogP contribution in [0.1, 0.15) is 11.3 Å². The van der Waals surface area contributed by atoms with Gasteiger partial charge in [-0.05, 0) is 50.5 Å². The van der Waals surface area contributed by atoms with Gasteiger partial charge >= 0.3 is 0 Å². The summed E-state index contributed by atoms with van der Waals surface area (Å²) in [5, 5.41) is 13.3. The van der Waals surface area contributed by atoms with E-state index in [2.05, 4.69) is 10.3 Å². The van der Waals surface area contributed by atoms with Gasteiger partial charge in [0, 0.05) is 42.0 Å². The molecule has 0 spiro atoms. The molecule has 3 heterocycles. The van der Waals surface area contributed by atoms with Crippen molar-refractivity contribution in [2.24, 2.45) is 0 Å². The molecule has 0 atom stereocenters. The number of aliphatic hydroxyl groups excluding tert-OH is 1. The summed E-state index contributed by atoms with van der Waals surface area (Å²) in [5.74, 6) is 1.89. The second kappa shape index (κ2) is 11.4. The first-order chi connectivity index (χ1) is 18.5. The summed E-state index contributed by atoms with van der Waals surface area (Å²) in [6.07, 6.45) is 3.70. The SMILES string of the molecule is CN(C)CC(=O)N1CCc2nc(Nc3ccc(-c4cnco4)cc3)nc(N(CCO)c3ccccc3)c2C1. The number of benzene rings is 2. The van der Waals surface area contributed by atoms with Crippen LogP contribution in [-0.4, -0.2) is 76.1 Å². The molecule has 0 saturated carbocycles. The lowest BCUT2D eigenvalue weighted by molar-refractivity contribution is -0.132. The van der Waals surface area contributed by atoms with E-state index >= 15 is 0 Å². The Morgan fingerprint density at radius 3 is 2.58 bits per heavy atom. The summed E-state index contributed by atoms with van der Waals surface area (Å²) < 4.78 is 5.38. The Balaban J connectivity index is 1.50. The Bertz CT molecular complexity index is 1360. The van der Waals surface area contributed by atoms with Crippen molar-refractivity contribution in [3.63, 3.8) is 0 Å². The number of rotatable bonds is 9. The maximum atomic E-state index is 12.9. The van der Waals surface area contributed by atoms with Gasteiger partial charge in [-0.25, -0.2) is 9.97 Å². The van der Waals surface area contributed by atoms with Gasteiger partial charge in [-0.3, -0.25) is 4.79 Å². The van der Waals surface area contributed by atoms with Gasteiger partial charge in [0.1, 0.15) is 5.82 Å². The molecule has 0 unspecified atom stereocenters. The van der Waals surface area contributed by atoms with E-state index in [1.165, 1.54) is 6.39 Å². The highest BCUT2D eigenvalue weighted by atomic mass is 16.3. The molecule has 10 nitrogen and oxygen atoms in total. The van der Waals surface area contributed by atoms with Gasteiger partial charge < -0.3 is 29.5 Å². The minimum absolute atomic E-state index is 0.0528. The van der Waals surface area contributed by atoms with Gasteiger partial charge in [-0.1, -0.05) is 18.2 Å². The highest BCUT2D eigenvalue weighted by Gasteiger charge is 2.28. The van der Waals surface area contributed by atoms with Crippen LogP contribution in [-0.2, 0) is 17.8 Å². The van der Waals surface area contributed by atoms with Crippen LogP contribution in [0.2, 0.25) is 0 Å². The van der Waals surface area contributed by atoms with Crippen molar-refractivity contribution in [1.82, 2.24) is 24.8 Å². The van der Waals surface area contributed by atoms with E-state index in [1.54, 1.807) is 6.20 Å². The van der Waals surface area contributed by atoms with E-state index in [1.807, 2.05) is 83.4 Å². The fourth-order valence-corrected chi connectivity index (χ4v) is 4.53. The molecule has 5 rings (SSSR count). The van der Waals surface area contributed by atoms with E-state index < -0.39 is 0 Å². The maximum absolute atomic E-state index is 12.9. The lowest BCUT2D eigenvalue weighted by atomic mass is 10.0. The number of hydrogen-bond donors (Lipinski definition) is 2. The Labute approximate surface area is 221 Å². The Morgan fingerprint density at radius 2 is 1.89 bits per heavy atom. The zero-order valence-electron chi connectivity index (χ0n) is 21.5. The summed E-state index contributed by atoms with van der Waals surface area (Å²) in [7, 11) is 3.78. The molecule has 1 amide bonds. The predicted octanol–water partition coefficient (Wildman–Crippen LogP) is 3.45. The zero-order chi connectivity index (χ0) is 26.5. The summed E-state index contributed by atoms with van der Waals surface area (Å²) in [6.45, 7) is 1.65. The molecular weight excluding hydrogens is 482 g/mol. The largest absolute Gasteiger partial charge is 0.444 e. The number of fused-ring (bicyclic) bond motifs is 1. The van der Waals surface area contributed by atoms with Crippen LogP contribution >= 0.6 is 0 Å². The third-order valence-electron chi connectivity index (χ3n) is 6.35. The van der Waals surface area contributed by atoms with Gasteiger partial charge in [-0.15, -0.1) is 0 Å². The highest BCUT2D eigenvalue weighted by molar-refractivity contribution is 5.79. The van der Waals surface area contributed by atoms with Gasteiger partial charge in [0.2, 0.25) is 11.9 Å². The fraction of sp³-hybridized carbons (Fsp3) is 0.286. The molecule has 2 aromatic heterocycles. The molecule has 1 aliphatic heterocycles. The van der Waals surface area contributed by atoms with E-state index in [-0.39, 0.29) is 12.5 Å². The van der Waals surface area contributed by atoms with Crippen LogP contribution in [0.4, 0.5) is 23.1 Å². The number of oxazole rings is 1. The third-order valence-corrected chi connectivity index (χ3v) is 6.35. The standard InChI is InChI=1S/C28H31N7O3/c1-33(2)18-26(37)34-13-12-24-23(17-34)27(35(14-15-36)22-6-4-3-5-7-22)32-28(31-24)30-21-10-8-20(9-11-21)25-16-29-19-38-25/h3-11,16,19,36H,12-15,17-18H2,1-2H3,(H,30,31,32). The number of nitrogens with zero attached hydrogens (tertiary/aromatic N) is 6. The molecule has 0 radical (unpaired) electrons. The fourth-order valence-electron chi connectivity index (χ4n) is 4.53. The number of aliphatic hydroxyl groups is 1. The van der Waals surface area contributed by atoms with Crippen LogP contribution in [0.3, 0.4) is 0 Å². The number of hydrogen-bond acceptors (Lipinski definition) is 9. The Hall–Kier alpha value is -4.28. The second-order valence-electron chi connectivity index (χ2n) is 9.38. The predicted molar refractivity (Wildman–Crippen MR) is 145 cm³/mol. The minimum atomic E-state index is -0.0528. The summed E-state index contributed by atoms with van der Waals surface area (Å²) in [5.41, 5.74) is 4.43. The summed E-state index contributed by atoms with van der Waals surface area (Å²) >= 11 is 0. The molecule has 38 heavy (non-hydrogen) atoms. The molecule has 196 valence electrons. The van der Waals surface area contributed by atoms with E-state index in [0.717, 1.165) is 28.2 Å². The minimum Gasteiger partial charge on any atom is -0.444 e. The quantitative estimate of drug-likeness (QED) is 0.348. The number of anilines is 4. The zero-order valence-corrected chi connectivity index (χ0v) is 21.5. The first-order valence-electron chi connectivity index (χ1n) is 12.5. The van der Waals surface area contributed by atoms with Crippen molar-refractivity contribution in [2.45, 2.75) is 13.0 Å². The average Bonchev–Trinajstić information content (AvgIpc) is 3.47. The van der Waals surface area contributed by atoms with Crippen molar-refractivity contribution in [3.8, 4) is 11.3 Å². The first kappa shape index (κ1) is 25.4. The van der Waals surface area contributed by atoms with E-state index in [9.17, 15) is 9.90 Å². The van der Waals surface area contributed by atoms with Crippen LogP contribution in [0, 0.1) is 0 Å². The van der Waals surface area contributed by atoms with Crippen LogP contribution in [0.5, 0.6) is 0 Å². The van der Waals surface area contributed by atoms with Gasteiger partial charge in [0.25, 0.3) is 0 Å². The molecule has 2 aromatic carbocycles. The van der Waals surface area contributed by atoms with Gasteiger partial charge in [0.15, 0.2) is 12.2 Å². The first-order valence-corrected chi connectivity index (χ1v) is 12.5. The lowest BCUT2D eigenvalue weighted by Crippen LogP contribution is -2.42. The van der Waals surface area contributed by atoms with Crippen molar-refractivity contribution in [1.29, 1.82) is 0 Å². The second-order valence-corrected chi connectivity index (χ2v) is 9.38. The molecule has 4 aromatic rings. The van der Waals surface area contributed by atoms with Crippen molar-refractivity contribution < 1.29 is 14.3 Å². The number of carbonyl (C=O) groups excluding carboxylic acids is 1. The van der Waals surface area contributed by atoms with Crippen LogP contribution in [0.25, 0.3) is 11.3 Å². The third kappa shape index (κ3) is 5.66. The van der Waals surface area contributed by atoms with Gasteiger partial charge in [-0.2, -0.15) is 4.98 Å². The molecule has 1 aliphatic rings. The monoisotopic (exact) mass is 513 g/mol. The average molecular weight is 514 g/mol. The molecular formula is C28H31N7O3. The van der Waals surface area contributed by atoms with Crippen LogP contribution < -0.4 is 10.2 Å². The number of nitrogens with one attached hydrogen (secondary N) is 1. The number of carbonyl (C=O) groups is 1. The molecule has 0 fully saturated rings. The Morgan fingerprint density at radius 1 is 1.11 bits per heavy atom. The van der Waals surface area contributed by atoms with Crippen molar-refractivity contribution in [2.75, 3.05) is 50.6 Å². The Kier molecular flexibility index (Phi) is 7.62. The van der Waals surface area contributed by atoms with E-state index in [0.29, 0.717) is 50.1 Å². The summed E-state index contributed by atoms with van der Waals surface area (Å²) in [6, 6.07) is 17.6. The smallest absolute Gasteiger partial charge is 0.237 e. The van der Waals surface area contributed by atoms with Crippen molar-refractivity contribution >= 4 is 29.0 Å². The molecule has 0 saturated heterocycles. The highest BCUT2D eigenvalue weighted by Crippen LogP contribution is 2.33. The number of para-hydroxylation sites is 1. The van der Waals surface area contributed by atoms with Gasteiger partial charge in [0.05, 0.1) is 31.6 Å². The molecule has 2 N–H and O–H groups in total. The van der Waals surface area contributed by atoms with Crippen LogP contribution in [0.15, 0.2) is 71.6 Å². The molecule has 0 aliphatic carbocycles. The maximum Gasteiger partial charge on any atom is 0.237 e. The lowest BCUT2D eigenvalue weighted by Gasteiger charge is -2.33. The normalized spacial score (nSPS) is 12.9. The number of aromatic nitrogens is 3. The number of likely N-dealkylation sites (N-methyl/N-ethyl adjacent to an activating group) is 1. The molecule has 10 heteroatoms. The van der Waals surface area contributed by atoms with Crippen molar-refractivity contribution in [3.05, 3.63) is 78.4 Å². The number of amides is 1. The topological polar surface area (TPSA) is 111 Å². The molecule has 0 bridgehead atoms.